The molecule has 4 atom stereocenters. The van der Waals surface area contributed by atoms with Gasteiger partial charge in [0.25, 0.3) is 0 Å². The third kappa shape index (κ3) is 7.01. The molecule has 1 unspecified atom stereocenters. The maximum Gasteiger partial charge on any atom is 0.228 e. The zero-order valence-electron chi connectivity index (χ0n) is 26.8. The first-order chi connectivity index (χ1) is 18.9. The minimum atomic E-state index is -0.533. The predicted molar refractivity (Wildman–Crippen MR) is 166 cm³/mol. The Morgan fingerprint density at radius 2 is 1.49 bits per heavy atom. The number of likely N-dealkylation sites (tertiary alicyclic amines) is 2. The van der Waals surface area contributed by atoms with Gasteiger partial charge < -0.3 is 9.80 Å². The van der Waals surface area contributed by atoms with Crippen LogP contribution in [0.3, 0.4) is 0 Å². The van der Waals surface area contributed by atoms with Gasteiger partial charge in [0, 0.05) is 47.6 Å². The highest BCUT2D eigenvalue weighted by Gasteiger charge is 2.50. The van der Waals surface area contributed by atoms with Crippen LogP contribution in [0.1, 0.15) is 106 Å². The maximum atomic E-state index is 14.5. The molecule has 3 aliphatic rings. The largest absolute Gasteiger partial charge is 0.334 e. The molecule has 0 bridgehead atoms. The van der Waals surface area contributed by atoms with Crippen LogP contribution >= 0.6 is 11.6 Å². The molecule has 228 valence electrons. The first kappa shape index (κ1) is 32.0. The minimum Gasteiger partial charge on any atom is -0.334 e. The monoisotopic (exact) mass is 585 g/mol. The number of hydrogen-bond acceptors (Lipinski definition) is 4. The molecular formula is C34H52ClN3O3. The van der Waals surface area contributed by atoms with Crippen molar-refractivity contribution in [3.8, 4) is 0 Å². The Kier molecular flexibility index (Phi) is 9.08. The standard InChI is InChI=1S/C34H52ClN3O3/c1-22(39)29-18-26(38(31(41)32(2,3)4)25-14-16-34(8,9)17-15-25)19-37(29)30(40)28-21-36(33(5,6)7)20-27(28)23-10-12-24(35)13-11-23/h10-13,25-29H,14-21H2,1-9H3/t26-,27-,28?,29-/m0/s1. The molecular weight excluding hydrogens is 534 g/mol. The highest BCUT2D eigenvalue weighted by atomic mass is 35.5. The molecule has 0 radical (unpaired) electrons. The lowest BCUT2D eigenvalue weighted by Crippen LogP contribution is -2.54. The van der Waals surface area contributed by atoms with Gasteiger partial charge in [0.2, 0.25) is 11.8 Å². The number of hydrogen-bond donors (Lipinski definition) is 0. The zero-order valence-corrected chi connectivity index (χ0v) is 27.6. The lowest BCUT2D eigenvalue weighted by Gasteiger charge is -2.45. The number of nitrogens with zero attached hydrogens (tertiary/aromatic N) is 3. The number of halogens is 1. The van der Waals surface area contributed by atoms with Crippen molar-refractivity contribution in [2.45, 2.75) is 124 Å². The van der Waals surface area contributed by atoms with Crippen LogP contribution in [0.2, 0.25) is 5.02 Å². The lowest BCUT2D eigenvalue weighted by atomic mass is 9.74. The van der Waals surface area contributed by atoms with Crippen LogP contribution in [0, 0.1) is 16.7 Å². The van der Waals surface area contributed by atoms with Gasteiger partial charge in [-0.3, -0.25) is 19.3 Å². The van der Waals surface area contributed by atoms with Gasteiger partial charge in [-0.05, 0) is 82.9 Å². The van der Waals surface area contributed by atoms with E-state index in [4.69, 9.17) is 11.6 Å². The number of amides is 2. The molecule has 0 N–H and O–H groups in total. The van der Waals surface area contributed by atoms with Gasteiger partial charge >= 0.3 is 0 Å². The Balaban J connectivity index is 1.64. The van der Waals surface area contributed by atoms with Gasteiger partial charge in [0.15, 0.2) is 5.78 Å². The summed E-state index contributed by atoms with van der Waals surface area (Å²) in [5, 5.41) is 0.677. The van der Waals surface area contributed by atoms with E-state index >= 15 is 0 Å². The van der Waals surface area contributed by atoms with Gasteiger partial charge in [-0.1, -0.05) is 58.4 Å². The van der Waals surface area contributed by atoms with E-state index in [1.54, 1.807) is 6.92 Å². The summed E-state index contributed by atoms with van der Waals surface area (Å²) < 4.78 is 0. The van der Waals surface area contributed by atoms with Crippen molar-refractivity contribution in [1.29, 1.82) is 0 Å². The molecule has 6 nitrogen and oxygen atoms in total. The van der Waals surface area contributed by atoms with Crippen LogP contribution in [0.25, 0.3) is 0 Å². The van der Waals surface area contributed by atoms with E-state index in [2.05, 4.69) is 44.4 Å². The average molecular weight is 586 g/mol. The molecule has 3 fully saturated rings. The molecule has 2 amide bonds. The van der Waals surface area contributed by atoms with Crippen LogP contribution in [0.4, 0.5) is 0 Å². The van der Waals surface area contributed by atoms with Gasteiger partial charge in [-0.15, -0.1) is 0 Å². The molecule has 0 spiro atoms. The van der Waals surface area contributed by atoms with Gasteiger partial charge in [0.1, 0.15) is 0 Å². The van der Waals surface area contributed by atoms with Crippen molar-refractivity contribution in [1.82, 2.24) is 14.7 Å². The third-order valence-electron chi connectivity index (χ3n) is 9.89. The van der Waals surface area contributed by atoms with E-state index in [-0.39, 0.29) is 52.5 Å². The Labute approximate surface area is 253 Å². The van der Waals surface area contributed by atoms with Crippen LogP contribution in [-0.2, 0) is 14.4 Å². The molecule has 1 aliphatic carbocycles. The Morgan fingerprint density at radius 3 is 2.00 bits per heavy atom. The number of carbonyl (C=O) groups is 3. The lowest BCUT2D eigenvalue weighted by molar-refractivity contribution is -0.147. The van der Waals surface area contributed by atoms with E-state index < -0.39 is 11.5 Å². The summed E-state index contributed by atoms with van der Waals surface area (Å²) in [5.74, 6) is -0.0887. The van der Waals surface area contributed by atoms with Crippen molar-refractivity contribution < 1.29 is 14.4 Å². The third-order valence-corrected chi connectivity index (χ3v) is 10.1. The molecule has 1 saturated carbocycles. The highest BCUT2D eigenvalue weighted by Crippen LogP contribution is 2.42. The molecule has 4 rings (SSSR count). The summed E-state index contributed by atoms with van der Waals surface area (Å²) in [7, 11) is 0. The molecule has 2 aliphatic heterocycles. The number of Topliss-reactive ketones (excluding diaryl/α,β-unsaturated/α-hetero) is 1. The van der Waals surface area contributed by atoms with Crippen molar-refractivity contribution in [3.63, 3.8) is 0 Å². The topological polar surface area (TPSA) is 60.9 Å². The second kappa shape index (κ2) is 11.6. The fraction of sp³-hybridized carbons (Fsp3) is 0.735. The smallest absolute Gasteiger partial charge is 0.228 e. The molecule has 2 saturated heterocycles. The number of benzene rings is 1. The maximum absolute atomic E-state index is 14.5. The molecule has 7 heteroatoms. The van der Waals surface area contributed by atoms with Crippen molar-refractivity contribution in [3.05, 3.63) is 34.9 Å². The van der Waals surface area contributed by atoms with Crippen LogP contribution in [0.5, 0.6) is 0 Å². The summed E-state index contributed by atoms with van der Waals surface area (Å²) in [4.78, 5) is 47.8. The number of carbonyl (C=O) groups excluding carboxylic acids is 3. The summed E-state index contributed by atoms with van der Waals surface area (Å²) in [6.07, 6.45) is 4.59. The summed E-state index contributed by atoms with van der Waals surface area (Å²) in [6.45, 7) is 20.5. The van der Waals surface area contributed by atoms with Crippen molar-refractivity contribution >= 4 is 29.2 Å². The molecule has 0 aromatic heterocycles. The van der Waals surface area contributed by atoms with E-state index in [0.29, 0.717) is 24.5 Å². The fourth-order valence-electron chi connectivity index (χ4n) is 7.19. The summed E-state index contributed by atoms with van der Waals surface area (Å²) in [6, 6.07) is 7.34. The first-order valence-electron chi connectivity index (χ1n) is 15.5. The van der Waals surface area contributed by atoms with Crippen LogP contribution in [0.15, 0.2) is 24.3 Å². The fourth-order valence-corrected chi connectivity index (χ4v) is 7.31. The number of ketones is 1. The van der Waals surface area contributed by atoms with Crippen LogP contribution < -0.4 is 0 Å². The molecule has 2 heterocycles. The first-order valence-corrected chi connectivity index (χ1v) is 15.9. The Morgan fingerprint density at radius 1 is 0.902 bits per heavy atom. The molecule has 41 heavy (non-hydrogen) atoms. The Bertz CT molecular complexity index is 1120. The highest BCUT2D eigenvalue weighted by molar-refractivity contribution is 6.30. The molecule has 1 aromatic carbocycles. The normalized spacial score (nSPS) is 27.7. The summed E-state index contributed by atoms with van der Waals surface area (Å²) in [5.41, 5.74) is 0.765. The van der Waals surface area contributed by atoms with E-state index in [1.165, 1.54) is 0 Å². The van der Waals surface area contributed by atoms with E-state index in [0.717, 1.165) is 37.8 Å². The number of rotatable bonds is 5. The van der Waals surface area contributed by atoms with Gasteiger partial charge in [-0.25, -0.2) is 0 Å². The van der Waals surface area contributed by atoms with Gasteiger partial charge in [-0.2, -0.15) is 0 Å². The van der Waals surface area contributed by atoms with E-state index in [9.17, 15) is 14.4 Å². The molecule has 1 aromatic rings. The van der Waals surface area contributed by atoms with Crippen LogP contribution in [-0.4, -0.2) is 75.6 Å². The quantitative estimate of drug-likeness (QED) is 0.393. The average Bonchev–Trinajstić information content (AvgIpc) is 3.50. The summed E-state index contributed by atoms with van der Waals surface area (Å²) >= 11 is 6.20. The second-order valence-corrected chi connectivity index (χ2v) is 16.1. The minimum absolute atomic E-state index is 0.00232. The SMILES string of the molecule is CC(=O)[C@@H]1C[C@H](N(C(=O)C(C)(C)C)C2CCC(C)(C)CC2)CN1C(=O)C1CN(C(C)(C)C)C[C@H]1c1ccc(Cl)cc1. The van der Waals surface area contributed by atoms with Crippen molar-refractivity contribution in [2.75, 3.05) is 19.6 Å². The predicted octanol–water partition coefficient (Wildman–Crippen LogP) is 6.56. The zero-order chi connectivity index (χ0) is 30.5. The second-order valence-electron chi connectivity index (χ2n) is 15.7. The van der Waals surface area contributed by atoms with Gasteiger partial charge in [0.05, 0.1) is 18.0 Å². The van der Waals surface area contributed by atoms with E-state index in [1.807, 2.05) is 49.9 Å². The Hall–Kier alpha value is -1.92. The van der Waals surface area contributed by atoms with Crippen molar-refractivity contribution in [2.24, 2.45) is 16.7 Å².